The van der Waals surface area contributed by atoms with Gasteiger partial charge in [-0.2, -0.15) is 0 Å². The molecule has 0 radical (unpaired) electrons. The molecule has 23 heavy (non-hydrogen) atoms. The summed E-state index contributed by atoms with van der Waals surface area (Å²) in [6.07, 6.45) is 1.60. The van der Waals surface area contributed by atoms with Gasteiger partial charge in [0.15, 0.2) is 0 Å². The largest absolute Gasteiger partial charge is 0.492 e. The Bertz CT molecular complexity index is 541. The molecule has 0 unspecified atom stereocenters. The minimum atomic E-state index is -0.378. The van der Waals surface area contributed by atoms with Crippen LogP contribution in [0.15, 0.2) is 18.2 Å². The molecular weight excluding hydrogens is 320 g/mol. The highest BCUT2D eigenvalue weighted by Gasteiger charge is 2.33. The smallest absolute Gasteiger partial charge is 0.322 e. The Hall–Kier alpha value is -1.50. The van der Waals surface area contributed by atoms with Gasteiger partial charge in [0.05, 0.1) is 24.9 Å². The second kappa shape index (κ2) is 8.38. The van der Waals surface area contributed by atoms with Gasteiger partial charge >= 0.3 is 6.03 Å². The van der Waals surface area contributed by atoms with Crippen LogP contribution in [-0.2, 0) is 0 Å². The van der Waals surface area contributed by atoms with E-state index in [1.165, 1.54) is 0 Å². The summed E-state index contributed by atoms with van der Waals surface area (Å²) >= 11 is 5.96. The van der Waals surface area contributed by atoms with Gasteiger partial charge in [-0.05, 0) is 31.9 Å². The van der Waals surface area contributed by atoms with Crippen molar-refractivity contribution in [3.05, 3.63) is 23.2 Å². The summed E-state index contributed by atoms with van der Waals surface area (Å²) in [5.41, 5.74) is 0.532. The first kappa shape index (κ1) is 17.8. The molecule has 0 aromatic heterocycles. The molecular formula is C16H23ClN2O4. The van der Waals surface area contributed by atoms with Crippen molar-refractivity contribution in [1.29, 1.82) is 0 Å². The number of ether oxygens (including phenoxy) is 1. The Kier molecular flexibility index (Phi) is 6.50. The van der Waals surface area contributed by atoms with Crippen LogP contribution in [0.25, 0.3) is 0 Å². The van der Waals surface area contributed by atoms with Crippen molar-refractivity contribution >= 4 is 23.3 Å². The van der Waals surface area contributed by atoms with E-state index < -0.39 is 0 Å². The Labute approximate surface area is 141 Å². The fraction of sp³-hybridized carbons (Fsp3) is 0.562. The van der Waals surface area contributed by atoms with Crippen molar-refractivity contribution < 1.29 is 19.7 Å². The van der Waals surface area contributed by atoms with Gasteiger partial charge in [0.2, 0.25) is 0 Å². The Morgan fingerprint density at radius 1 is 1.43 bits per heavy atom. The predicted octanol–water partition coefficient (Wildman–Crippen LogP) is 2.34. The maximum atomic E-state index is 12.6. The number of nitrogens with zero attached hydrogens (tertiary/aromatic N) is 1. The zero-order chi connectivity index (χ0) is 16.8. The molecule has 0 aliphatic carbocycles. The third-order valence-corrected chi connectivity index (χ3v) is 4.32. The maximum Gasteiger partial charge on any atom is 0.322 e. The molecule has 1 aliphatic heterocycles. The van der Waals surface area contributed by atoms with Crippen molar-refractivity contribution in [3.63, 3.8) is 0 Å². The number of nitrogens with one attached hydrogen (secondary N) is 1. The molecule has 0 saturated carbocycles. The first-order valence-electron chi connectivity index (χ1n) is 7.82. The topological polar surface area (TPSA) is 82.0 Å². The maximum absolute atomic E-state index is 12.6. The van der Waals surface area contributed by atoms with E-state index in [4.69, 9.17) is 16.3 Å². The monoisotopic (exact) mass is 342 g/mol. The first-order chi connectivity index (χ1) is 11.1. The van der Waals surface area contributed by atoms with E-state index in [2.05, 4.69) is 5.32 Å². The van der Waals surface area contributed by atoms with Crippen LogP contribution in [0.2, 0.25) is 5.02 Å². The normalized spacial score (nSPS) is 21.1. The summed E-state index contributed by atoms with van der Waals surface area (Å²) in [6.45, 7) is 2.65. The number of aliphatic hydroxyl groups excluding tert-OH is 2. The molecule has 7 heteroatoms. The van der Waals surface area contributed by atoms with E-state index >= 15 is 0 Å². The lowest BCUT2D eigenvalue weighted by atomic mass is 9.90. The van der Waals surface area contributed by atoms with Crippen LogP contribution in [0.1, 0.15) is 19.8 Å². The Morgan fingerprint density at radius 3 is 2.87 bits per heavy atom. The van der Waals surface area contributed by atoms with Crippen LogP contribution >= 0.6 is 11.6 Å². The molecule has 128 valence electrons. The summed E-state index contributed by atoms with van der Waals surface area (Å²) < 4.78 is 5.49. The van der Waals surface area contributed by atoms with Crippen LogP contribution in [-0.4, -0.2) is 53.6 Å². The lowest BCUT2D eigenvalue weighted by molar-refractivity contribution is 0.0460. The summed E-state index contributed by atoms with van der Waals surface area (Å²) in [5.74, 6) is 0.403. The van der Waals surface area contributed by atoms with E-state index in [1.807, 2.05) is 6.92 Å². The second-order valence-electron chi connectivity index (χ2n) is 5.53. The number of carbonyl (C=O) groups is 1. The van der Waals surface area contributed by atoms with Crippen LogP contribution in [0.3, 0.4) is 0 Å². The van der Waals surface area contributed by atoms with E-state index in [1.54, 1.807) is 23.1 Å². The summed E-state index contributed by atoms with van der Waals surface area (Å²) in [7, 11) is 0. The zero-order valence-electron chi connectivity index (χ0n) is 13.2. The standard InChI is InChI=1S/C16H23ClN2O4/c1-2-23-15-8-12(17)5-6-13(15)18-16(22)19-7-3-4-11(9-20)14(19)10-21/h5-6,8,11,14,20-21H,2-4,7,9-10H2,1H3,(H,18,22)/t11-,14+/m0/s1. The van der Waals surface area contributed by atoms with Crippen molar-refractivity contribution in [2.75, 3.05) is 31.7 Å². The summed E-state index contributed by atoms with van der Waals surface area (Å²) in [4.78, 5) is 14.2. The van der Waals surface area contributed by atoms with Crippen LogP contribution in [0, 0.1) is 5.92 Å². The number of rotatable bonds is 5. The summed E-state index contributed by atoms with van der Waals surface area (Å²) in [5, 5.41) is 22.3. The van der Waals surface area contributed by atoms with E-state index in [-0.39, 0.29) is 31.2 Å². The van der Waals surface area contributed by atoms with Crippen molar-refractivity contribution in [2.24, 2.45) is 5.92 Å². The zero-order valence-corrected chi connectivity index (χ0v) is 13.9. The molecule has 2 amide bonds. The number of anilines is 1. The number of halogens is 1. The molecule has 1 heterocycles. The highest BCUT2D eigenvalue weighted by Crippen LogP contribution is 2.30. The van der Waals surface area contributed by atoms with Crippen LogP contribution < -0.4 is 10.1 Å². The number of hydrogen-bond acceptors (Lipinski definition) is 4. The second-order valence-corrected chi connectivity index (χ2v) is 5.97. The number of aliphatic hydroxyl groups is 2. The molecule has 3 N–H and O–H groups in total. The molecule has 2 rings (SSSR count). The van der Waals surface area contributed by atoms with Gasteiger partial charge in [-0.15, -0.1) is 0 Å². The van der Waals surface area contributed by atoms with Gasteiger partial charge < -0.3 is 25.2 Å². The Morgan fingerprint density at radius 2 is 2.22 bits per heavy atom. The number of carbonyl (C=O) groups excluding carboxylic acids is 1. The highest BCUT2D eigenvalue weighted by molar-refractivity contribution is 6.30. The van der Waals surface area contributed by atoms with E-state index in [9.17, 15) is 15.0 Å². The lowest BCUT2D eigenvalue weighted by Crippen LogP contribution is -2.52. The highest BCUT2D eigenvalue weighted by atomic mass is 35.5. The number of likely N-dealkylation sites (tertiary alicyclic amines) is 1. The fourth-order valence-corrected chi connectivity index (χ4v) is 3.07. The number of amides is 2. The molecule has 1 aromatic rings. The molecule has 1 fully saturated rings. The number of urea groups is 1. The van der Waals surface area contributed by atoms with Gasteiger partial charge in [0.25, 0.3) is 0 Å². The van der Waals surface area contributed by atoms with Gasteiger partial charge in [0, 0.05) is 30.2 Å². The lowest BCUT2D eigenvalue weighted by Gasteiger charge is -2.39. The minimum absolute atomic E-state index is 0.0415. The number of hydrogen-bond donors (Lipinski definition) is 3. The number of piperidine rings is 1. The summed E-state index contributed by atoms with van der Waals surface area (Å²) in [6, 6.07) is 4.32. The molecule has 1 aromatic carbocycles. The average Bonchev–Trinajstić information content (AvgIpc) is 2.56. The minimum Gasteiger partial charge on any atom is -0.492 e. The van der Waals surface area contributed by atoms with Gasteiger partial charge in [-0.1, -0.05) is 11.6 Å². The van der Waals surface area contributed by atoms with Crippen molar-refractivity contribution in [2.45, 2.75) is 25.8 Å². The Balaban J connectivity index is 2.14. The van der Waals surface area contributed by atoms with Crippen molar-refractivity contribution in [3.8, 4) is 5.75 Å². The predicted molar refractivity (Wildman–Crippen MR) is 89.0 cm³/mol. The van der Waals surface area contributed by atoms with Crippen LogP contribution in [0.5, 0.6) is 5.75 Å². The average molecular weight is 343 g/mol. The van der Waals surface area contributed by atoms with Gasteiger partial charge in [-0.25, -0.2) is 4.79 Å². The molecule has 0 bridgehead atoms. The van der Waals surface area contributed by atoms with E-state index in [0.29, 0.717) is 29.6 Å². The van der Waals surface area contributed by atoms with Crippen molar-refractivity contribution in [1.82, 2.24) is 4.90 Å². The first-order valence-corrected chi connectivity index (χ1v) is 8.20. The SMILES string of the molecule is CCOc1cc(Cl)ccc1NC(=O)N1CCC[C@@H](CO)[C@H]1CO. The third kappa shape index (κ3) is 4.28. The van der Waals surface area contributed by atoms with E-state index in [0.717, 1.165) is 12.8 Å². The molecule has 6 nitrogen and oxygen atoms in total. The van der Waals surface area contributed by atoms with Crippen LogP contribution in [0.4, 0.5) is 10.5 Å². The molecule has 1 saturated heterocycles. The quantitative estimate of drug-likeness (QED) is 0.767. The van der Waals surface area contributed by atoms with Gasteiger partial charge in [0.1, 0.15) is 5.75 Å². The number of benzene rings is 1. The molecule has 2 atom stereocenters. The molecule has 1 aliphatic rings. The fourth-order valence-electron chi connectivity index (χ4n) is 2.91. The third-order valence-electron chi connectivity index (χ3n) is 4.09. The van der Waals surface area contributed by atoms with Gasteiger partial charge in [-0.3, -0.25) is 0 Å². The molecule has 0 spiro atoms.